The molecule has 4 aliphatic rings. The zero-order valence-electron chi connectivity index (χ0n) is 26.1. The van der Waals surface area contributed by atoms with Gasteiger partial charge in [-0.2, -0.15) is 0 Å². The summed E-state index contributed by atoms with van der Waals surface area (Å²) < 4.78 is 24.0. The SMILES string of the molecule is CCOC(=O)c1ccc(N2C(=O)C3C4CC(C3C2=O)C2C4Sc3[nH]c(=O)sc3[C@@H]2c2ccc(OCC(=O)Nc3ccc(F)cc3)cc2)cc1. The van der Waals surface area contributed by atoms with Gasteiger partial charge in [-0.1, -0.05) is 23.5 Å². The number of halogens is 1. The smallest absolute Gasteiger partial charge is 0.338 e. The third kappa shape index (κ3) is 5.35. The Morgan fingerprint density at radius 1 is 0.939 bits per heavy atom. The van der Waals surface area contributed by atoms with Crippen molar-refractivity contribution < 1.29 is 33.0 Å². The molecular weight excluding hydrogens is 670 g/mol. The van der Waals surface area contributed by atoms with E-state index >= 15 is 0 Å². The molecule has 0 radical (unpaired) electrons. The molecule has 49 heavy (non-hydrogen) atoms. The number of nitrogens with one attached hydrogen (secondary N) is 2. The fourth-order valence-corrected chi connectivity index (χ4v) is 11.1. The lowest BCUT2D eigenvalue weighted by Crippen LogP contribution is -2.42. The summed E-state index contributed by atoms with van der Waals surface area (Å²) >= 11 is 2.80. The highest BCUT2D eigenvalue weighted by Crippen LogP contribution is 2.68. The number of H-pyrrole nitrogens is 1. The Morgan fingerprint density at radius 2 is 1.63 bits per heavy atom. The van der Waals surface area contributed by atoms with Gasteiger partial charge in [-0.05, 0) is 97.3 Å². The second kappa shape index (κ2) is 12.3. The number of aromatic amines is 1. The van der Waals surface area contributed by atoms with Gasteiger partial charge in [0.25, 0.3) is 5.91 Å². The Hall–Kier alpha value is -4.75. The number of rotatable bonds is 8. The predicted octanol–water partition coefficient (Wildman–Crippen LogP) is 5.45. The second-order valence-corrected chi connectivity index (χ2v) is 14.9. The minimum Gasteiger partial charge on any atom is -0.484 e. The number of thiazole rings is 1. The monoisotopic (exact) mass is 699 g/mol. The first-order valence-electron chi connectivity index (χ1n) is 16.0. The van der Waals surface area contributed by atoms with E-state index in [-0.39, 0.29) is 64.7 Å². The molecule has 2 saturated carbocycles. The van der Waals surface area contributed by atoms with E-state index in [2.05, 4.69) is 10.3 Å². The van der Waals surface area contributed by atoms with E-state index < -0.39 is 23.6 Å². The van der Waals surface area contributed by atoms with Crippen LogP contribution in [0.2, 0.25) is 0 Å². The quantitative estimate of drug-likeness (QED) is 0.183. The van der Waals surface area contributed by atoms with Gasteiger partial charge >= 0.3 is 10.8 Å². The maximum Gasteiger partial charge on any atom is 0.338 e. The fraction of sp³-hybridized carbons (Fsp3) is 0.306. The molecule has 3 aromatic carbocycles. The lowest BCUT2D eigenvalue weighted by atomic mass is 9.68. The van der Waals surface area contributed by atoms with Crippen molar-refractivity contribution in [3.05, 3.63) is 104 Å². The molecule has 3 heterocycles. The van der Waals surface area contributed by atoms with Crippen LogP contribution < -0.4 is 19.8 Å². The van der Waals surface area contributed by atoms with Crippen LogP contribution in [0, 0.1) is 35.4 Å². The molecule has 2 bridgehead atoms. The number of benzene rings is 3. The molecule has 4 aromatic rings. The number of fused-ring (bicyclic) bond motifs is 9. The predicted molar refractivity (Wildman–Crippen MR) is 180 cm³/mol. The van der Waals surface area contributed by atoms with Crippen molar-refractivity contribution in [2.75, 3.05) is 23.4 Å². The van der Waals surface area contributed by atoms with Crippen molar-refractivity contribution in [2.45, 2.75) is 29.5 Å². The number of carbonyl (C=O) groups is 4. The number of thioether (sulfide) groups is 1. The Morgan fingerprint density at radius 3 is 2.33 bits per heavy atom. The van der Waals surface area contributed by atoms with Gasteiger partial charge in [0, 0.05) is 21.7 Å². The van der Waals surface area contributed by atoms with Crippen molar-refractivity contribution in [3.8, 4) is 5.75 Å². The van der Waals surface area contributed by atoms with Gasteiger partial charge in [-0.3, -0.25) is 24.1 Å². The molecule has 3 amide bonds. The van der Waals surface area contributed by atoms with Crippen LogP contribution in [0.4, 0.5) is 15.8 Å². The molecule has 1 aromatic heterocycles. The minimum atomic E-state index is -0.467. The lowest BCUT2D eigenvalue weighted by Gasteiger charge is -2.43. The van der Waals surface area contributed by atoms with Crippen LogP contribution in [0.5, 0.6) is 5.75 Å². The first-order valence-corrected chi connectivity index (χ1v) is 17.7. The largest absolute Gasteiger partial charge is 0.484 e. The molecule has 6 unspecified atom stereocenters. The minimum absolute atomic E-state index is 0.0198. The number of hydrogen-bond donors (Lipinski definition) is 2. The van der Waals surface area contributed by atoms with E-state index in [0.29, 0.717) is 22.7 Å². The number of esters is 1. The number of ether oxygens (including phenoxy) is 2. The average Bonchev–Trinajstić information content (AvgIpc) is 3.84. The van der Waals surface area contributed by atoms with Crippen molar-refractivity contribution >= 4 is 58.2 Å². The number of carbonyl (C=O) groups excluding carboxylic acids is 4. The van der Waals surface area contributed by atoms with E-state index in [1.807, 2.05) is 12.1 Å². The summed E-state index contributed by atoms with van der Waals surface area (Å²) in [4.78, 5) is 70.3. The molecule has 1 saturated heterocycles. The van der Waals surface area contributed by atoms with E-state index in [9.17, 15) is 28.4 Å². The van der Waals surface area contributed by atoms with Crippen LogP contribution in [-0.2, 0) is 19.1 Å². The van der Waals surface area contributed by atoms with Crippen LogP contribution in [-0.4, -0.2) is 47.1 Å². The van der Waals surface area contributed by atoms with Gasteiger partial charge in [-0.15, -0.1) is 11.8 Å². The van der Waals surface area contributed by atoms with Crippen LogP contribution in [0.15, 0.2) is 82.6 Å². The van der Waals surface area contributed by atoms with Gasteiger partial charge in [0.05, 0.1) is 34.7 Å². The van der Waals surface area contributed by atoms with Gasteiger partial charge in [0.2, 0.25) is 11.8 Å². The summed E-state index contributed by atoms with van der Waals surface area (Å²) in [5.41, 5.74) is 2.21. The number of amides is 3. The molecule has 7 atom stereocenters. The Balaban J connectivity index is 1.03. The molecule has 10 nitrogen and oxygen atoms in total. The van der Waals surface area contributed by atoms with E-state index in [1.165, 1.54) is 40.5 Å². The third-order valence-electron chi connectivity index (χ3n) is 10.1. The molecule has 2 aliphatic heterocycles. The fourth-order valence-electron chi connectivity index (χ4n) is 8.26. The van der Waals surface area contributed by atoms with E-state index in [0.717, 1.165) is 21.9 Å². The van der Waals surface area contributed by atoms with Crippen LogP contribution in [0.25, 0.3) is 0 Å². The van der Waals surface area contributed by atoms with Gasteiger partial charge < -0.3 is 19.8 Å². The lowest BCUT2D eigenvalue weighted by molar-refractivity contribution is -0.123. The third-order valence-corrected chi connectivity index (χ3v) is 12.7. The maximum atomic E-state index is 14.1. The molecule has 2 N–H and O–H groups in total. The Kier molecular flexibility index (Phi) is 7.91. The van der Waals surface area contributed by atoms with Crippen molar-refractivity contribution in [3.63, 3.8) is 0 Å². The van der Waals surface area contributed by atoms with Gasteiger partial charge in [0.1, 0.15) is 11.6 Å². The molecule has 13 heteroatoms. The highest BCUT2D eigenvalue weighted by Gasteiger charge is 2.69. The Labute approximate surface area is 288 Å². The average molecular weight is 700 g/mol. The summed E-state index contributed by atoms with van der Waals surface area (Å²) in [5.74, 6) is -2.35. The number of aromatic nitrogens is 1. The molecule has 2 aliphatic carbocycles. The first-order chi connectivity index (χ1) is 23.7. The summed E-state index contributed by atoms with van der Waals surface area (Å²) in [6, 6.07) is 19.3. The molecule has 8 rings (SSSR count). The first kappa shape index (κ1) is 31.5. The molecular formula is C36H30FN3O7S2. The summed E-state index contributed by atoms with van der Waals surface area (Å²) in [6.45, 7) is 1.73. The molecule has 3 fully saturated rings. The van der Waals surface area contributed by atoms with E-state index in [1.54, 1.807) is 55.1 Å². The summed E-state index contributed by atoms with van der Waals surface area (Å²) in [5, 5.41) is 3.51. The van der Waals surface area contributed by atoms with Crippen LogP contribution in [0.3, 0.4) is 0 Å². The van der Waals surface area contributed by atoms with Crippen molar-refractivity contribution in [1.29, 1.82) is 0 Å². The number of nitrogens with zero attached hydrogens (tertiary/aromatic N) is 1. The topological polar surface area (TPSA) is 135 Å². The van der Waals surface area contributed by atoms with Crippen molar-refractivity contribution in [1.82, 2.24) is 4.98 Å². The second-order valence-electron chi connectivity index (χ2n) is 12.7. The highest BCUT2D eigenvalue weighted by atomic mass is 32.2. The van der Waals surface area contributed by atoms with E-state index in [4.69, 9.17) is 9.47 Å². The summed E-state index contributed by atoms with van der Waals surface area (Å²) in [6.07, 6.45) is 0.755. The zero-order valence-corrected chi connectivity index (χ0v) is 27.7. The standard InChI is InChI=1S/C36H30FN3O7S2/c1-2-46-35(44)18-3-11-21(12-4-18)40-33(42)28-23-15-24(29(28)34(40)43)30-27(23)26(31-32(48-30)39-36(45)49-31)17-5-13-22(14-6-17)47-16-25(41)38-20-9-7-19(37)8-10-20/h3-14,23-24,26-30H,2,15-16H2,1H3,(H,38,41)(H,39,45)/t23?,24?,26-,27?,28?,29?,30?/m1/s1. The number of anilines is 2. The van der Waals surface area contributed by atoms with Gasteiger partial charge in [0.15, 0.2) is 6.61 Å². The highest BCUT2D eigenvalue weighted by molar-refractivity contribution is 8.00. The molecule has 250 valence electrons. The number of imide groups is 1. The Bertz CT molecular complexity index is 2030. The number of hydrogen-bond acceptors (Lipinski definition) is 9. The van der Waals surface area contributed by atoms with Gasteiger partial charge in [-0.25, -0.2) is 9.18 Å². The normalized spacial score (nSPS) is 26.2. The van der Waals surface area contributed by atoms with Crippen molar-refractivity contribution in [2.24, 2.45) is 29.6 Å². The maximum absolute atomic E-state index is 14.1. The van der Waals surface area contributed by atoms with Crippen LogP contribution in [0.1, 0.15) is 40.1 Å². The molecule has 0 spiro atoms. The zero-order chi connectivity index (χ0) is 34.0. The summed E-state index contributed by atoms with van der Waals surface area (Å²) in [7, 11) is 0. The van der Waals surface area contributed by atoms with Crippen LogP contribution >= 0.6 is 23.1 Å².